The van der Waals surface area contributed by atoms with Crippen molar-refractivity contribution in [3.05, 3.63) is 29.8 Å². The molecule has 5 nitrogen and oxygen atoms in total. The van der Waals surface area contributed by atoms with Crippen molar-refractivity contribution in [1.29, 1.82) is 0 Å². The van der Waals surface area contributed by atoms with E-state index in [1.54, 1.807) is 0 Å². The molecular formula is C19H29N3O2. The average molecular weight is 331 g/mol. The Labute approximate surface area is 144 Å². The van der Waals surface area contributed by atoms with Crippen LogP contribution in [0.5, 0.6) is 0 Å². The van der Waals surface area contributed by atoms with E-state index in [4.69, 9.17) is 0 Å². The van der Waals surface area contributed by atoms with Crippen LogP contribution in [-0.4, -0.2) is 42.9 Å². The quantitative estimate of drug-likeness (QED) is 0.755. The minimum Gasteiger partial charge on any atom is -0.376 e. The van der Waals surface area contributed by atoms with E-state index in [1.165, 1.54) is 0 Å². The molecule has 0 bridgehead atoms. The predicted molar refractivity (Wildman–Crippen MR) is 97.2 cm³/mol. The maximum Gasteiger partial charge on any atom is 0.253 e. The van der Waals surface area contributed by atoms with Gasteiger partial charge in [-0.3, -0.25) is 9.59 Å². The summed E-state index contributed by atoms with van der Waals surface area (Å²) in [7, 11) is 0. The first-order chi connectivity index (χ1) is 11.6. The topological polar surface area (TPSA) is 61.4 Å². The van der Waals surface area contributed by atoms with Gasteiger partial charge < -0.3 is 15.5 Å². The Balaban J connectivity index is 1.86. The zero-order valence-corrected chi connectivity index (χ0v) is 14.8. The Bertz CT molecular complexity index is 551. The normalized spacial score (nSPS) is 15.2. The van der Waals surface area contributed by atoms with Crippen molar-refractivity contribution in [2.45, 2.75) is 39.5 Å². The van der Waals surface area contributed by atoms with Gasteiger partial charge in [-0.2, -0.15) is 0 Å². The van der Waals surface area contributed by atoms with E-state index in [1.807, 2.05) is 29.2 Å². The number of nitrogens with zero attached hydrogens (tertiary/aromatic N) is 1. The van der Waals surface area contributed by atoms with Crippen LogP contribution in [0.15, 0.2) is 24.3 Å². The first-order valence-corrected chi connectivity index (χ1v) is 9.00. The maximum atomic E-state index is 12.6. The molecular weight excluding hydrogens is 302 g/mol. The number of unbranched alkanes of at least 4 members (excludes halogenated alkanes) is 1. The minimum absolute atomic E-state index is 0.0230. The van der Waals surface area contributed by atoms with Gasteiger partial charge in [-0.1, -0.05) is 26.3 Å². The second-order valence-corrected chi connectivity index (χ2v) is 6.61. The molecule has 2 N–H and O–H groups in total. The number of rotatable bonds is 7. The fourth-order valence-corrected chi connectivity index (χ4v) is 2.81. The first-order valence-electron chi connectivity index (χ1n) is 9.00. The van der Waals surface area contributed by atoms with Gasteiger partial charge >= 0.3 is 0 Å². The van der Waals surface area contributed by atoms with E-state index in [2.05, 4.69) is 24.5 Å². The number of hydrogen-bond acceptors (Lipinski definition) is 3. The number of benzene rings is 1. The standard InChI is InChI=1S/C19H29N3O2/c1-3-4-10-20-18(23)14-21-17-7-5-6-16(13-17)19(24)22-11-8-15(2)9-12-22/h5-7,13,15,21H,3-4,8-12,14H2,1-2H3,(H,20,23). The third-order valence-electron chi connectivity index (χ3n) is 4.49. The molecule has 1 aliphatic heterocycles. The van der Waals surface area contributed by atoms with Crippen molar-refractivity contribution in [2.24, 2.45) is 5.92 Å². The summed E-state index contributed by atoms with van der Waals surface area (Å²) in [6.07, 6.45) is 4.19. The Morgan fingerprint density at radius 3 is 2.71 bits per heavy atom. The average Bonchev–Trinajstić information content (AvgIpc) is 2.60. The summed E-state index contributed by atoms with van der Waals surface area (Å²) >= 11 is 0. The molecule has 1 saturated heterocycles. The molecule has 0 atom stereocenters. The lowest BCUT2D eigenvalue weighted by Crippen LogP contribution is -2.37. The second-order valence-electron chi connectivity index (χ2n) is 6.61. The number of amides is 2. The van der Waals surface area contributed by atoms with Gasteiger partial charge in [0.15, 0.2) is 0 Å². The number of carbonyl (C=O) groups excluding carboxylic acids is 2. The number of likely N-dealkylation sites (tertiary alicyclic amines) is 1. The summed E-state index contributed by atoms with van der Waals surface area (Å²) in [4.78, 5) is 26.3. The lowest BCUT2D eigenvalue weighted by molar-refractivity contribution is -0.119. The van der Waals surface area contributed by atoms with E-state index in [0.717, 1.165) is 44.5 Å². The van der Waals surface area contributed by atoms with Gasteiger partial charge in [-0.25, -0.2) is 0 Å². The van der Waals surface area contributed by atoms with Crippen LogP contribution in [0.3, 0.4) is 0 Å². The van der Waals surface area contributed by atoms with E-state index in [-0.39, 0.29) is 18.4 Å². The number of nitrogens with one attached hydrogen (secondary N) is 2. The summed E-state index contributed by atoms with van der Waals surface area (Å²) in [6.45, 7) is 6.92. The van der Waals surface area contributed by atoms with Crippen LogP contribution >= 0.6 is 0 Å². The molecule has 0 radical (unpaired) electrons. The van der Waals surface area contributed by atoms with Crippen LogP contribution in [0.1, 0.15) is 49.9 Å². The molecule has 5 heteroatoms. The molecule has 1 fully saturated rings. The molecule has 0 aliphatic carbocycles. The van der Waals surface area contributed by atoms with Gasteiger partial charge in [0.25, 0.3) is 5.91 Å². The molecule has 132 valence electrons. The van der Waals surface area contributed by atoms with Gasteiger partial charge in [0.05, 0.1) is 6.54 Å². The Morgan fingerprint density at radius 2 is 2.00 bits per heavy atom. The van der Waals surface area contributed by atoms with Crippen molar-refractivity contribution in [3.8, 4) is 0 Å². The smallest absolute Gasteiger partial charge is 0.253 e. The molecule has 0 saturated carbocycles. The largest absolute Gasteiger partial charge is 0.376 e. The van der Waals surface area contributed by atoms with Gasteiger partial charge in [-0.15, -0.1) is 0 Å². The van der Waals surface area contributed by atoms with Gasteiger partial charge in [0, 0.05) is 30.9 Å². The Morgan fingerprint density at radius 1 is 1.25 bits per heavy atom. The van der Waals surface area contributed by atoms with Crippen LogP contribution in [0.2, 0.25) is 0 Å². The number of piperidine rings is 1. The summed E-state index contributed by atoms with van der Waals surface area (Å²) in [6, 6.07) is 7.41. The SMILES string of the molecule is CCCCNC(=O)CNc1cccc(C(=O)N2CCC(C)CC2)c1. The Kier molecular flexibility index (Phi) is 7.09. The fourth-order valence-electron chi connectivity index (χ4n) is 2.81. The third-order valence-corrected chi connectivity index (χ3v) is 4.49. The number of hydrogen-bond donors (Lipinski definition) is 2. The Hall–Kier alpha value is -2.04. The summed E-state index contributed by atoms with van der Waals surface area (Å²) in [5, 5.41) is 5.96. The molecule has 1 aromatic rings. The molecule has 0 aromatic heterocycles. The van der Waals surface area contributed by atoms with E-state index >= 15 is 0 Å². The van der Waals surface area contributed by atoms with Crippen LogP contribution in [0, 0.1) is 5.92 Å². The van der Waals surface area contributed by atoms with Gasteiger partial charge in [0.1, 0.15) is 0 Å². The van der Waals surface area contributed by atoms with Crippen LogP contribution < -0.4 is 10.6 Å². The highest BCUT2D eigenvalue weighted by molar-refractivity contribution is 5.95. The fraction of sp³-hybridized carbons (Fsp3) is 0.579. The van der Waals surface area contributed by atoms with Crippen molar-refractivity contribution in [3.63, 3.8) is 0 Å². The molecule has 2 rings (SSSR count). The second kappa shape index (κ2) is 9.30. The third kappa shape index (κ3) is 5.55. The summed E-state index contributed by atoms with van der Waals surface area (Å²) in [5.41, 5.74) is 1.48. The first kappa shape index (κ1) is 18.3. The predicted octanol–water partition coefficient (Wildman–Crippen LogP) is 2.89. The molecule has 24 heavy (non-hydrogen) atoms. The van der Waals surface area contributed by atoms with Gasteiger partial charge in [-0.05, 0) is 43.4 Å². The molecule has 2 amide bonds. The maximum absolute atomic E-state index is 12.6. The van der Waals surface area contributed by atoms with Crippen molar-refractivity contribution < 1.29 is 9.59 Å². The minimum atomic E-state index is -0.0230. The van der Waals surface area contributed by atoms with Gasteiger partial charge in [0.2, 0.25) is 5.91 Å². The highest BCUT2D eigenvalue weighted by Crippen LogP contribution is 2.19. The zero-order chi connectivity index (χ0) is 17.4. The highest BCUT2D eigenvalue weighted by atomic mass is 16.2. The molecule has 0 unspecified atom stereocenters. The lowest BCUT2D eigenvalue weighted by Gasteiger charge is -2.30. The van der Waals surface area contributed by atoms with E-state index < -0.39 is 0 Å². The van der Waals surface area contributed by atoms with Crippen molar-refractivity contribution in [1.82, 2.24) is 10.2 Å². The van der Waals surface area contributed by atoms with E-state index in [9.17, 15) is 9.59 Å². The molecule has 1 aliphatic rings. The van der Waals surface area contributed by atoms with E-state index in [0.29, 0.717) is 18.0 Å². The molecule has 1 aromatic carbocycles. The van der Waals surface area contributed by atoms with Crippen LogP contribution in [0.25, 0.3) is 0 Å². The lowest BCUT2D eigenvalue weighted by atomic mass is 9.98. The summed E-state index contributed by atoms with van der Waals surface area (Å²) < 4.78 is 0. The summed E-state index contributed by atoms with van der Waals surface area (Å²) in [5.74, 6) is 0.761. The monoisotopic (exact) mass is 331 g/mol. The highest BCUT2D eigenvalue weighted by Gasteiger charge is 2.21. The zero-order valence-electron chi connectivity index (χ0n) is 14.8. The van der Waals surface area contributed by atoms with Crippen LogP contribution in [0.4, 0.5) is 5.69 Å². The molecule has 0 spiro atoms. The van der Waals surface area contributed by atoms with Crippen molar-refractivity contribution >= 4 is 17.5 Å². The molecule has 1 heterocycles. The van der Waals surface area contributed by atoms with Crippen LogP contribution in [-0.2, 0) is 4.79 Å². The number of carbonyl (C=O) groups is 2. The van der Waals surface area contributed by atoms with Crippen molar-refractivity contribution in [2.75, 3.05) is 31.5 Å². The number of anilines is 1.